The fourth-order valence-electron chi connectivity index (χ4n) is 2.05. The first-order chi connectivity index (χ1) is 8.68. The summed E-state index contributed by atoms with van der Waals surface area (Å²) < 4.78 is 5.24. The lowest BCUT2D eigenvalue weighted by molar-refractivity contribution is -0.138. The van der Waals surface area contributed by atoms with Crippen molar-refractivity contribution in [1.82, 2.24) is 4.90 Å². The van der Waals surface area contributed by atoms with Gasteiger partial charge in [0.2, 0.25) is 0 Å². The van der Waals surface area contributed by atoms with E-state index >= 15 is 0 Å². The molecule has 1 N–H and O–H groups in total. The van der Waals surface area contributed by atoms with Gasteiger partial charge in [0, 0.05) is 19.3 Å². The van der Waals surface area contributed by atoms with Gasteiger partial charge in [-0.25, -0.2) is 0 Å². The molecule has 1 amide bonds. The zero-order valence-corrected chi connectivity index (χ0v) is 10.7. The van der Waals surface area contributed by atoms with Gasteiger partial charge < -0.3 is 14.7 Å². The molecule has 2 rings (SSSR count). The molecule has 0 aliphatic carbocycles. The fraction of sp³-hybridized carbons (Fsp3) is 0.500. The fourth-order valence-corrected chi connectivity index (χ4v) is 2.73. The highest BCUT2D eigenvalue weighted by molar-refractivity contribution is 7.12. The van der Waals surface area contributed by atoms with Crippen LogP contribution in [0.15, 0.2) is 17.5 Å². The molecule has 1 aromatic heterocycles. The van der Waals surface area contributed by atoms with E-state index in [1.165, 1.54) is 16.2 Å². The summed E-state index contributed by atoms with van der Waals surface area (Å²) in [4.78, 5) is 25.2. The van der Waals surface area contributed by atoms with E-state index in [1.54, 1.807) is 12.1 Å². The zero-order valence-electron chi connectivity index (χ0n) is 9.87. The number of carboxylic acid groups (broad SMARTS) is 1. The largest absolute Gasteiger partial charge is 0.480 e. The predicted molar refractivity (Wildman–Crippen MR) is 66.8 cm³/mol. The predicted octanol–water partition coefficient (Wildman–Crippen LogP) is 1.45. The Morgan fingerprint density at radius 3 is 2.72 bits per heavy atom. The number of thiophene rings is 1. The Hall–Kier alpha value is -1.40. The number of carbonyl (C=O) groups is 2. The lowest BCUT2D eigenvalue weighted by Crippen LogP contribution is -2.45. The minimum atomic E-state index is -0.980. The third-order valence-electron chi connectivity index (χ3n) is 2.93. The standard InChI is InChI=1S/C12H15NO4S/c14-11(15)8-13(9-3-5-17-6-4-9)12(16)10-2-1-7-18-10/h1-2,7,9H,3-6,8H2,(H,14,15). The van der Waals surface area contributed by atoms with Crippen molar-refractivity contribution in [3.63, 3.8) is 0 Å². The maximum Gasteiger partial charge on any atom is 0.323 e. The average molecular weight is 269 g/mol. The summed E-state index contributed by atoms with van der Waals surface area (Å²) in [5.41, 5.74) is 0. The number of nitrogens with zero attached hydrogens (tertiary/aromatic N) is 1. The van der Waals surface area contributed by atoms with E-state index in [4.69, 9.17) is 9.84 Å². The quantitative estimate of drug-likeness (QED) is 0.898. The summed E-state index contributed by atoms with van der Waals surface area (Å²) >= 11 is 1.34. The average Bonchev–Trinajstić information content (AvgIpc) is 2.90. The van der Waals surface area contributed by atoms with Gasteiger partial charge in [0.25, 0.3) is 5.91 Å². The van der Waals surface area contributed by atoms with Crippen LogP contribution in [0.5, 0.6) is 0 Å². The van der Waals surface area contributed by atoms with Crippen molar-refractivity contribution in [2.75, 3.05) is 19.8 Å². The second kappa shape index (κ2) is 5.97. The van der Waals surface area contributed by atoms with Crippen molar-refractivity contribution in [2.24, 2.45) is 0 Å². The second-order valence-corrected chi connectivity index (χ2v) is 5.10. The van der Waals surface area contributed by atoms with Gasteiger partial charge in [-0.1, -0.05) is 6.07 Å². The Labute approximate surface area is 109 Å². The van der Waals surface area contributed by atoms with Gasteiger partial charge in [0.1, 0.15) is 6.54 Å². The van der Waals surface area contributed by atoms with Crippen molar-refractivity contribution in [3.8, 4) is 0 Å². The molecule has 1 aliphatic heterocycles. The molecule has 0 radical (unpaired) electrons. The minimum absolute atomic E-state index is 0.0375. The molecule has 1 saturated heterocycles. The van der Waals surface area contributed by atoms with Crippen molar-refractivity contribution in [3.05, 3.63) is 22.4 Å². The van der Waals surface area contributed by atoms with Crippen LogP contribution < -0.4 is 0 Å². The molecule has 18 heavy (non-hydrogen) atoms. The number of amides is 1. The Balaban J connectivity index is 2.13. The number of ether oxygens (including phenoxy) is 1. The van der Waals surface area contributed by atoms with Gasteiger partial charge in [-0.2, -0.15) is 0 Å². The topological polar surface area (TPSA) is 66.8 Å². The molecule has 98 valence electrons. The molecule has 1 aliphatic rings. The van der Waals surface area contributed by atoms with E-state index in [1.807, 2.05) is 5.38 Å². The summed E-state index contributed by atoms with van der Waals surface area (Å²) in [6, 6.07) is 3.48. The number of carboxylic acids is 1. The first-order valence-electron chi connectivity index (χ1n) is 5.82. The normalized spacial score (nSPS) is 16.4. The molecule has 2 heterocycles. The summed E-state index contributed by atoms with van der Waals surface area (Å²) in [5.74, 6) is -1.18. The maximum absolute atomic E-state index is 12.3. The van der Waals surface area contributed by atoms with Gasteiger partial charge in [0.15, 0.2) is 0 Å². The Morgan fingerprint density at radius 2 is 2.17 bits per heavy atom. The number of hydrogen-bond acceptors (Lipinski definition) is 4. The number of rotatable bonds is 4. The Kier molecular flexibility index (Phi) is 4.33. The van der Waals surface area contributed by atoms with E-state index in [0.717, 1.165) is 0 Å². The third kappa shape index (κ3) is 3.08. The van der Waals surface area contributed by atoms with Crippen LogP contribution in [0.2, 0.25) is 0 Å². The van der Waals surface area contributed by atoms with Crippen molar-refractivity contribution < 1.29 is 19.4 Å². The molecule has 1 fully saturated rings. The van der Waals surface area contributed by atoms with Gasteiger partial charge in [-0.05, 0) is 24.3 Å². The number of aliphatic carboxylic acids is 1. The summed E-state index contributed by atoms with van der Waals surface area (Å²) in [6.07, 6.45) is 1.40. The Bertz CT molecular complexity index is 412. The molecule has 1 aromatic rings. The zero-order chi connectivity index (χ0) is 13.0. The van der Waals surface area contributed by atoms with Crippen LogP contribution in [0.3, 0.4) is 0 Å². The van der Waals surface area contributed by atoms with Gasteiger partial charge in [0.05, 0.1) is 4.88 Å². The molecule has 6 heteroatoms. The lowest BCUT2D eigenvalue weighted by Gasteiger charge is -2.32. The molecule has 0 aromatic carbocycles. The van der Waals surface area contributed by atoms with Crippen LogP contribution in [0.1, 0.15) is 22.5 Å². The summed E-state index contributed by atoms with van der Waals surface area (Å²) in [6.45, 7) is 0.915. The van der Waals surface area contributed by atoms with Crippen LogP contribution in [-0.2, 0) is 9.53 Å². The van der Waals surface area contributed by atoms with E-state index in [2.05, 4.69) is 0 Å². The highest BCUT2D eigenvalue weighted by atomic mass is 32.1. The van der Waals surface area contributed by atoms with Crippen LogP contribution in [-0.4, -0.2) is 47.7 Å². The molecule has 0 unspecified atom stereocenters. The summed E-state index contributed by atoms with van der Waals surface area (Å²) in [5, 5.41) is 10.8. The van der Waals surface area contributed by atoms with Gasteiger partial charge in [-0.3, -0.25) is 9.59 Å². The van der Waals surface area contributed by atoms with E-state index in [9.17, 15) is 9.59 Å². The molecular formula is C12H15NO4S. The third-order valence-corrected chi connectivity index (χ3v) is 3.79. The van der Waals surface area contributed by atoms with Crippen molar-refractivity contribution >= 4 is 23.2 Å². The van der Waals surface area contributed by atoms with E-state index in [0.29, 0.717) is 30.9 Å². The van der Waals surface area contributed by atoms with E-state index in [-0.39, 0.29) is 18.5 Å². The maximum atomic E-state index is 12.3. The van der Waals surface area contributed by atoms with Crippen molar-refractivity contribution in [2.45, 2.75) is 18.9 Å². The molecule has 0 saturated carbocycles. The Morgan fingerprint density at radius 1 is 1.44 bits per heavy atom. The second-order valence-electron chi connectivity index (χ2n) is 4.15. The highest BCUT2D eigenvalue weighted by Gasteiger charge is 2.28. The molecular weight excluding hydrogens is 254 g/mol. The van der Waals surface area contributed by atoms with Crippen LogP contribution in [0, 0.1) is 0 Å². The summed E-state index contributed by atoms with van der Waals surface area (Å²) in [7, 11) is 0. The highest BCUT2D eigenvalue weighted by Crippen LogP contribution is 2.19. The number of carbonyl (C=O) groups excluding carboxylic acids is 1. The minimum Gasteiger partial charge on any atom is -0.480 e. The van der Waals surface area contributed by atoms with Gasteiger partial charge in [-0.15, -0.1) is 11.3 Å². The first kappa shape index (κ1) is 13.0. The van der Waals surface area contributed by atoms with Crippen molar-refractivity contribution in [1.29, 1.82) is 0 Å². The van der Waals surface area contributed by atoms with Crippen LogP contribution in [0.4, 0.5) is 0 Å². The smallest absolute Gasteiger partial charge is 0.323 e. The van der Waals surface area contributed by atoms with Crippen LogP contribution >= 0.6 is 11.3 Å². The SMILES string of the molecule is O=C(O)CN(C(=O)c1cccs1)C1CCOCC1. The molecule has 5 nitrogen and oxygen atoms in total. The number of hydrogen-bond donors (Lipinski definition) is 1. The molecule has 0 bridgehead atoms. The van der Waals surface area contributed by atoms with Crippen LogP contribution in [0.25, 0.3) is 0 Å². The first-order valence-corrected chi connectivity index (χ1v) is 6.70. The molecule has 0 atom stereocenters. The molecule has 0 spiro atoms. The monoisotopic (exact) mass is 269 g/mol. The van der Waals surface area contributed by atoms with E-state index < -0.39 is 5.97 Å². The lowest BCUT2D eigenvalue weighted by atomic mass is 10.1. The van der Waals surface area contributed by atoms with Gasteiger partial charge >= 0.3 is 5.97 Å².